The first-order chi connectivity index (χ1) is 26.3. The van der Waals surface area contributed by atoms with Gasteiger partial charge in [0, 0.05) is 19.5 Å². The van der Waals surface area contributed by atoms with Crippen LogP contribution in [0.1, 0.15) is 70.4 Å². The Morgan fingerprint density at radius 1 is 0.691 bits per heavy atom. The molecule has 296 valence electrons. The lowest BCUT2D eigenvalue weighted by Crippen LogP contribution is -2.55. The van der Waals surface area contributed by atoms with Gasteiger partial charge in [0.15, 0.2) is 0 Å². The molecule has 0 radical (unpaired) electrons. The molecule has 1 aliphatic rings. The number of amides is 5. The van der Waals surface area contributed by atoms with Gasteiger partial charge in [0.05, 0.1) is 12.7 Å². The highest BCUT2D eigenvalue weighted by Crippen LogP contribution is 2.11. The van der Waals surface area contributed by atoms with E-state index in [-0.39, 0.29) is 39.0 Å². The summed E-state index contributed by atoms with van der Waals surface area (Å²) in [5, 5.41) is 13.7. The number of hydrogen-bond donors (Lipinski definition) is 5. The Morgan fingerprint density at radius 3 is 1.91 bits per heavy atom. The lowest BCUT2D eigenvalue weighted by Gasteiger charge is -2.25. The van der Waals surface area contributed by atoms with Crippen LogP contribution < -0.4 is 26.6 Å². The van der Waals surface area contributed by atoms with Crippen LogP contribution >= 0.6 is 0 Å². The molecule has 5 amide bonds. The van der Waals surface area contributed by atoms with E-state index in [4.69, 9.17) is 14.2 Å². The molecule has 0 spiro atoms. The normalized spacial score (nSPS) is 13.3. The van der Waals surface area contributed by atoms with Gasteiger partial charge >= 0.3 is 18.2 Å². The minimum Gasteiger partial charge on any atom is -0.467 e. The molecule has 14 heteroatoms. The van der Waals surface area contributed by atoms with Crippen molar-refractivity contribution in [1.82, 2.24) is 26.6 Å². The highest BCUT2D eigenvalue weighted by molar-refractivity contribution is 5.98. The molecule has 1 aliphatic carbocycles. The molecule has 3 atom stereocenters. The van der Waals surface area contributed by atoms with Gasteiger partial charge in [-0.15, -0.1) is 5.73 Å². The Labute approximate surface area is 322 Å². The summed E-state index contributed by atoms with van der Waals surface area (Å²) in [5.74, 6) is -2.03. The van der Waals surface area contributed by atoms with E-state index in [1.165, 1.54) is 7.11 Å². The second-order valence-corrected chi connectivity index (χ2v) is 13.9. The predicted molar refractivity (Wildman–Crippen MR) is 205 cm³/mol. The standard InChI is InChI=1S/C41H53N5O9/c1-41(2,3)55-40(52)46-32(23-13-16-26-43-39(51)54-28-30-19-9-6-10-20-30)37(49)45-34(27-29-17-7-5-8-18-29)36(48)42-25-15-14-24-33(38(50)53-4)44-35(47)31-21-11-12-22-31/h5-12,17-21,32-34H,13-16,23-28H2,1-4H3,(H,42,48)(H,43,51)(H,44,47)(H,45,49)(H,46,52)/t32-,33-,34-/m0/s1. The van der Waals surface area contributed by atoms with E-state index in [1.54, 1.807) is 39.0 Å². The van der Waals surface area contributed by atoms with Gasteiger partial charge in [0.1, 0.15) is 30.3 Å². The quantitative estimate of drug-likeness (QED) is 0.0535. The van der Waals surface area contributed by atoms with Crippen molar-refractivity contribution in [2.45, 2.75) is 96.1 Å². The average molecular weight is 760 g/mol. The molecular weight excluding hydrogens is 706 g/mol. The van der Waals surface area contributed by atoms with E-state index in [0.717, 1.165) is 11.1 Å². The summed E-state index contributed by atoms with van der Waals surface area (Å²) in [6.45, 7) is 5.78. The molecule has 55 heavy (non-hydrogen) atoms. The Morgan fingerprint density at radius 2 is 1.31 bits per heavy atom. The first-order valence-corrected chi connectivity index (χ1v) is 18.4. The molecule has 0 bridgehead atoms. The van der Waals surface area contributed by atoms with E-state index in [2.05, 4.69) is 32.3 Å². The number of methoxy groups -OCH3 is 1. The monoisotopic (exact) mass is 759 g/mol. The molecular formula is C41H53N5O9. The van der Waals surface area contributed by atoms with Crippen LogP contribution in [0.2, 0.25) is 0 Å². The number of ether oxygens (including phenoxy) is 3. The third-order valence-corrected chi connectivity index (χ3v) is 8.18. The van der Waals surface area contributed by atoms with Gasteiger partial charge in [-0.25, -0.2) is 14.4 Å². The summed E-state index contributed by atoms with van der Waals surface area (Å²) in [5.41, 5.74) is 3.96. The smallest absolute Gasteiger partial charge is 0.408 e. The zero-order chi connectivity index (χ0) is 40.1. The molecule has 14 nitrogen and oxygen atoms in total. The topological polar surface area (TPSA) is 190 Å². The van der Waals surface area contributed by atoms with E-state index in [0.29, 0.717) is 31.3 Å². The van der Waals surface area contributed by atoms with Crippen LogP contribution in [0.15, 0.2) is 90.2 Å². The summed E-state index contributed by atoms with van der Waals surface area (Å²) in [6.07, 6.45) is 6.05. The van der Waals surface area contributed by atoms with Gasteiger partial charge in [-0.3, -0.25) is 14.4 Å². The van der Waals surface area contributed by atoms with Crippen molar-refractivity contribution in [3.63, 3.8) is 0 Å². The molecule has 0 saturated carbocycles. The number of benzene rings is 2. The minimum atomic E-state index is -1.04. The first kappa shape index (κ1) is 43.5. The van der Waals surface area contributed by atoms with Crippen LogP contribution in [0.3, 0.4) is 0 Å². The average Bonchev–Trinajstić information content (AvgIpc) is 3.71. The summed E-state index contributed by atoms with van der Waals surface area (Å²) in [7, 11) is 1.25. The Balaban J connectivity index is 1.57. The Hall–Kier alpha value is -5.88. The maximum absolute atomic E-state index is 13.7. The van der Waals surface area contributed by atoms with Crippen LogP contribution in [0.25, 0.3) is 0 Å². The fourth-order valence-electron chi connectivity index (χ4n) is 5.40. The van der Waals surface area contributed by atoms with Gasteiger partial charge in [0.25, 0.3) is 5.91 Å². The van der Waals surface area contributed by atoms with E-state index in [9.17, 15) is 28.8 Å². The highest BCUT2D eigenvalue weighted by atomic mass is 16.6. The minimum absolute atomic E-state index is 0.136. The summed E-state index contributed by atoms with van der Waals surface area (Å²) in [6, 6.07) is 15.6. The van der Waals surface area contributed by atoms with Gasteiger partial charge in [-0.2, -0.15) is 0 Å². The van der Waals surface area contributed by atoms with Gasteiger partial charge in [-0.05, 0) is 82.6 Å². The van der Waals surface area contributed by atoms with E-state index < -0.39 is 59.6 Å². The number of allylic oxidation sites excluding steroid dienone is 1. The number of carbonyl (C=O) groups is 6. The Bertz CT molecular complexity index is 1680. The van der Waals surface area contributed by atoms with Crippen molar-refractivity contribution in [2.24, 2.45) is 0 Å². The van der Waals surface area contributed by atoms with Gasteiger partial charge < -0.3 is 40.8 Å². The van der Waals surface area contributed by atoms with Crippen LogP contribution in [-0.2, 0) is 46.4 Å². The second-order valence-electron chi connectivity index (χ2n) is 13.9. The maximum atomic E-state index is 13.7. The van der Waals surface area contributed by atoms with Crippen molar-refractivity contribution in [3.8, 4) is 0 Å². The number of alkyl carbamates (subject to hydrolysis) is 2. The number of nitrogens with one attached hydrogen (secondary N) is 5. The molecule has 3 rings (SSSR count). The van der Waals surface area contributed by atoms with E-state index in [1.807, 2.05) is 60.7 Å². The van der Waals surface area contributed by atoms with Crippen LogP contribution in [-0.4, -0.2) is 79.8 Å². The lowest BCUT2D eigenvalue weighted by atomic mass is 10.0. The summed E-state index contributed by atoms with van der Waals surface area (Å²) >= 11 is 0. The third kappa shape index (κ3) is 17.2. The molecule has 0 saturated heterocycles. The highest BCUT2D eigenvalue weighted by Gasteiger charge is 2.29. The molecule has 0 heterocycles. The van der Waals surface area contributed by atoms with Gasteiger partial charge in [-0.1, -0.05) is 66.7 Å². The lowest BCUT2D eigenvalue weighted by molar-refractivity contribution is -0.144. The van der Waals surface area contributed by atoms with Gasteiger partial charge in [0.2, 0.25) is 11.8 Å². The predicted octanol–water partition coefficient (Wildman–Crippen LogP) is 4.30. The molecule has 0 aliphatic heterocycles. The van der Waals surface area contributed by atoms with Crippen molar-refractivity contribution < 1.29 is 43.0 Å². The largest absolute Gasteiger partial charge is 0.467 e. The molecule has 2 aromatic carbocycles. The number of hydrogen-bond acceptors (Lipinski definition) is 9. The molecule has 0 unspecified atom stereocenters. The third-order valence-electron chi connectivity index (χ3n) is 8.18. The zero-order valence-corrected chi connectivity index (χ0v) is 32.0. The number of esters is 1. The first-order valence-electron chi connectivity index (χ1n) is 18.4. The Kier molecular flexibility index (Phi) is 18.2. The molecule has 2 aromatic rings. The van der Waals surface area contributed by atoms with Crippen LogP contribution in [0.4, 0.5) is 9.59 Å². The van der Waals surface area contributed by atoms with Crippen molar-refractivity contribution >= 4 is 35.9 Å². The number of unbranched alkanes of at least 4 members (excludes halogenated alkanes) is 2. The zero-order valence-electron chi connectivity index (χ0n) is 32.0. The summed E-state index contributed by atoms with van der Waals surface area (Å²) in [4.78, 5) is 77.0. The fourth-order valence-corrected chi connectivity index (χ4v) is 5.40. The van der Waals surface area contributed by atoms with Crippen molar-refractivity contribution in [3.05, 3.63) is 101 Å². The SMILES string of the molecule is COC(=O)[C@H](CCCCNC(=O)[C@H](Cc1ccccc1)NC(=O)[C@H](CCCCNC(=O)OCc1ccccc1)NC(=O)OC(C)(C)C)NC(=O)C1=C=CC=C1. The summed E-state index contributed by atoms with van der Waals surface area (Å²) < 4.78 is 15.5. The molecule has 0 fully saturated rings. The van der Waals surface area contributed by atoms with Crippen LogP contribution in [0.5, 0.6) is 0 Å². The number of rotatable bonds is 21. The van der Waals surface area contributed by atoms with E-state index >= 15 is 0 Å². The van der Waals surface area contributed by atoms with Crippen LogP contribution in [0, 0.1) is 0 Å². The number of carbonyl (C=O) groups excluding carboxylic acids is 6. The molecule has 0 aromatic heterocycles. The second kappa shape index (κ2) is 23.0. The fraction of sp³-hybridized carbons (Fsp3) is 0.439. The molecule has 5 N–H and O–H groups in total. The maximum Gasteiger partial charge on any atom is 0.408 e. The van der Waals surface area contributed by atoms with Crippen molar-refractivity contribution in [2.75, 3.05) is 20.2 Å². The van der Waals surface area contributed by atoms with Crippen molar-refractivity contribution in [1.29, 1.82) is 0 Å².